The Labute approximate surface area is 214 Å². The number of ether oxygens (including phenoxy) is 2. The highest BCUT2D eigenvalue weighted by atomic mass is 16.6. The summed E-state index contributed by atoms with van der Waals surface area (Å²) >= 11 is 0. The predicted molar refractivity (Wildman–Crippen MR) is 135 cm³/mol. The SMILES string of the molecule is N#C/C(=C\c1ccc2cc(NCCN3CCOCC3)ccc2c1)C(=O)NC[C@H]1O[C@@H](O)[C@H](O)[C@@H](O)[C@@H]1O. The Balaban J connectivity index is 1.35. The molecule has 0 aliphatic carbocycles. The molecule has 0 saturated carbocycles. The van der Waals surface area contributed by atoms with Crippen LogP contribution < -0.4 is 10.6 Å². The summed E-state index contributed by atoms with van der Waals surface area (Å²) in [4.78, 5) is 14.9. The summed E-state index contributed by atoms with van der Waals surface area (Å²) < 4.78 is 10.4. The van der Waals surface area contributed by atoms with Crippen LogP contribution >= 0.6 is 0 Å². The highest BCUT2D eigenvalue weighted by Gasteiger charge is 2.42. The van der Waals surface area contributed by atoms with E-state index in [1.54, 1.807) is 0 Å². The Bertz CT molecular complexity index is 1160. The molecular weight excluding hydrogens is 480 g/mol. The molecule has 2 aliphatic rings. The van der Waals surface area contributed by atoms with Crippen LogP contribution in [-0.4, -0.2) is 108 Å². The number of nitrogens with one attached hydrogen (secondary N) is 2. The molecule has 6 N–H and O–H groups in total. The molecule has 0 bridgehead atoms. The number of fused-ring (bicyclic) bond motifs is 1. The minimum atomic E-state index is -1.70. The average molecular weight is 513 g/mol. The van der Waals surface area contributed by atoms with Crippen molar-refractivity contribution in [2.24, 2.45) is 0 Å². The van der Waals surface area contributed by atoms with Gasteiger partial charge in [-0.1, -0.05) is 18.2 Å². The number of benzene rings is 2. The van der Waals surface area contributed by atoms with Gasteiger partial charge in [0, 0.05) is 38.4 Å². The molecule has 198 valence electrons. The second-order valence-electron chi connectivity index (χ2n) is 9.12. The summed E-state index contributed by atoms with van der Waals surface area (Å²) in [5, 5.41) is 56.3. The number of rotatable bonds is 8. The number of carbonyl (C=O) groups is 1. The fourth-order valence-electron chi connectivity index (χ4n) is 4.35. The largest absolute Gasteiger partial charge is 0.388 e. The third kappa shape index (κ3) is 6.82. The topological polar surface area (TPSA) is 168 Å². The molecule has 0 unspecified atom stereocenters. The fraction of sp³-hybridized carbons (Fsp3) is 0.462. The van der Waals surface area contributed by atoms with E-state index in [4.69, 9.17) is 9.47 Å². The molecule has 0 radical (unpaired) electrons. The molecule has 2 aliphatic heterocycles. The van der Waals surface area contributed by atoms with Crippen LogP contribution in [0.4, 0.5) is 5.69 Å². The molecule has 4 rings (SSSR count). The van der Waals surface area contributed by atoms with Gasteiger partial charge in [0.15, 0.2) is 6.29 Å². The van der Waals surface area contributed by atoms with Crippen molar-refractivity contribution in [3.8, 4) is 6.07 Å². The summed E-state index contributed by atoms with van der Waals surface area (Å²) in [6.45, 7) is 4.95. The smallest absolute Gasteiger partial charge is 0.262 e. The van der Waals surface area contributed by atoms with Crippen molar-refractivity contribution in [1.82, 2.24) is 10.2 Å². The van der Waals surface area contributed by atoms with Gasteiger partial charge in [0.1, 0.15) is 36.1 Å². The van der Waals surface area contributed by atoms with Crippen molar-refractivity contribution in [1.29, 1.82) is 5.26 Å². The molecule has 11 heteroatoms. The van der Waals surface area contributed by atoms with Crippen molar-refractivity contribution in [3.05, 3.63) is 47.5 Å². The van der Waals surface area contributed by atoms with Gasteiger partial charge in [-0.2, -0.15) is 5.26 Å². The van der Waals surface area contributed by atoms with Gasteiger partial charge in [-0.3, -0.25) is 9.69 Å². The van der Waals surface area contributed by atoms with Crippen molar-refractivity contribution < 1.29 is 34.7 Å². The van der Waals surface area contributed by atoms with Gasteiger partial charge < -0.3 is 40.5 Å². The second kappa shape index (κ2) is 12.4. The van der Waals surface area contributed by atoms with E-state index in [2.05, 4.69) is 21.6 Å². The van der Waals surface area contributed by atoms with E-state index in [1.165, 1.54) is 6.08 Å². The number of nitrogens with zero attached hydrogens (tertiary/aromatic N) is 2. The fourth-order valence-corrected chi connectivity index (χ4v) is 4.35. The predicted octanol–water partition coefficient (Wildman–Crippen LogP) is -0.593. The lowest BCUT2D eigenvalue weighted by Crippen LogP contribution is -2.60. The van der Waals surface area contributed by atoms with Gasteiger partial charge in [-0.05, 0) is 40.6 Å². The first-order valence-electron chi connectivity index (χ1n) is 12.2. The molecule has 2 aromatic rings. The first kappa shape index (κ1) is 27.0. The Morgan fingerprint density at radius 3 is 2.54 bits per heavy atom. The summed E-state index contributed by atoms with van der Waals surface area (Å²) in [6.07, 6.45) is -6.22. The lowest BCUT2D eigenvalue weighted by molar-refractivity contribution is -0.280. The van der Waals surface area contributed by atoms with Crippen molar-refractivity contribution in [3.63, 3.8) is 0 Å². The zero-order valence-corrected chi connectivity index (χ0v) is 20.3. The minimum absolute atomic E-state index is 0.160. The number of aliphatic hydroxyl groups excluding tert-OH is 4. The summed E-state index contributed by atoms with van der Waals surface area (Å²) in [5.74, 6) is -0.701. The van der Waals surface area contributed by atoms with Crippen LogP contribution in [0, 0.1) is 11.3 Å². The van der Waals surface area contributed by atoms with Crippen LogP contribution in [-0.2, 0) is 14.3 Å². The second-order valence-corrected chi connectivity index (χ2v) is 9.12. The molecule has 2 aromatic carbocycles. The van der Waals surface area contributed by atoms with Crippen LogP contribution in [0.2, 0.25) is 0 Å². The lowest BCUT2D eigenvalue weighted by atomic mass is 9.99. The van der Waals surface area contributed by atoms with Gasteiger partial charge in [0.05, 0.1) is 13.2 Å². The van der Waals surface area contributed by atoms with Crippen LogP contribution in [0.3, 0.4) is 0 Å². The third-order valence-electron chi connectivity index (χ3n) is 6.55. The van der Waals surface area contributed by atoms with Gasteiger partial charge in [-0.25, -0.2) is 0 Å². The summed E-state index contributed by atoms with van der Waals surface area (Å²) in [6, 6.07) is 13.5. The van der Waals surface area contributed by atoms with E-state index in [0.29, 0.717) is 5.56 Å². The number of anilines is 1. The van der Waals surface area contributed by atoms with E-state index < -0.39 is 36.6 Å². The molecule has 11 nitrogen and oxygen atoms in total. The molecule has 2 fully saturated rings. The molecule has 2 saturated heterocycles. The zero-order valence-electron chi connectivity index (χ0n) is 20.3. The monoisotopic (exact) mass is 512 g/mol. The van der Waals surface area contributed by atoms with Crippen molar-refractivity contribution >= 4 is 28.4 Å². The number of amides is 1. The zero-order chi connectivity index (χ0) is 26.4. The number of carbonyl (C=O) groups excluding carboxylic acids is 1. The van der Waals surface area contributed by atoms with E-state index in [0.717, 1.165) is 55.9 Å². The Kier molecular flexibility index (Phi) is 9.07. The summed E-state index contributed by atoms with van der Waals surface area (Å²) in [7, 11) is 0. The number of morpholine rings is 1. The average Bonchev–Trinajstić information content (AvgIpc) is 2.92. The first-order valence-corrected chi connectivity index (χ1v) is 12.2. The first-order chi connectivity index (χ1) is 17.9. The van der Waals surface area contributed by atoms with Gasteiger partial charge in [-0.15, -0.1) is 0 Å². The molecule has 37 heavy (non-hydrogen) atoms. The molecule has 1 amide bonds. The number of hydrogen-bond acceptors (Lipinski definition) is 10. The number of hydrogen-bond donors (Lipinski definition) is 6. The van der Waals surface area contributed by atoms with Crippen LogP contribution in [0.1, 0.15) is 5.56 Å². The molecule has 0 aromatic heterocycles. The van der Waals surface area contributed by atoms with Gasteiger partial charge in [0.2, 0.25) is 0 Å². The van der Waals surface area contributed by atoms with Crippen LogP contribution in [0.25, 0.3) is 16.8 Å². The Hall–Kier alpha value is -3.08. The maximum Gasteiger partial charge on any atom is 0.262 e. The standard InChI is InChI=1S/C26H32N4O7/c27-14-19(25(34)29-15-21-22(31)23(32)24(33)26(35)37-21)12-16-1-2-18-13-20(4-3-17(18)11-16)28-5-6-30-7-9-36-10-8-30/h1-4,11-13,21-24,26,28,31-33,35H,5-10,15H2,(H,29,34)/b19-12+/t21-,22-,23+,24-,26-/m1/s1. The van der Waals surface area contributed by atoms with Gasteiger partial charge in [0.25, 0.3) is 5.91 Å². The summed E-state index contributed by atoms with van der Waals surface area (Å²) in [5.41, 5.74) is 1.51. The van der Waals surface area contributed by atoms with Gasteiger partial charge >= 0.3 is 0 Å². The highest BCUT2D eigenvalue weighted by Crippen LogP contribution is 2.22. The quantitative estimate of drug-likeness (QED) is 0.199. The lowest BCUT2D eigenvalue weighted by Gasteiger charge is -2.38. The Morgan fingerprint density at radius 2 is 1.78 bits per heavy atom. The van der Waals surface area contributed by atoms with E-state index in [9.17, 15) is 30.5 Å². The van der Waals surface area contributed by atoms with Crippen LogP contribution in [0.15, 0.2) is 42.0 Å². The van der Waals surface area contributed by atoms with E-state index >= 15 is 0 Å². The third-order valence-corrected chi connectivity index (χ3v) is 6.55. The maximum atomic E-state index is 12.5. The number of aliphatic hydroxyl groups is 4. The molecule has 5 atom stereocenters. The minimum Gasteiger partial charge on any atom is -0.388 e. The van der Waals surface area contributed by atoms with E-state index in [1.807, 2.05) is 36.4 Å². The number of nitriles is 1. The Morgan fingerprint density at radius 1 is 1.05 bits per heavy atom. The maximum absolute atomic E-state index is 12.5. The molecular formula is C26H32N4O7. The normalized spacial score (nSPS) is 27.0. The van der Waals surface area contributed by atoms with E-state index in [-0.39, 0.29) is 12.1 Å². The van der Waals surface area contributed by atoms with Crippen molar-refractivity contribution in [2.75, 3.05) is 51.3 Å². The highest BCUT2D eigenvalue weighted by molar-refractivity contribution is 6.02. The molecule has 2 heterocycles. The molecule has 0 spiro atoms. The van der Waals surface area contributed by atoms with Crippen molar-refractivity contribution in [2.45, 2.75) is 30.7 Å². The van der Waals surface area contributed by atoms with Crippen LogP contribution in [0.5, 0.6) is 0 Å².